The molecule has 0 atom stereocenters. The Morgan fingerprint density at radius 3 is 2.41 bits per heavy atom. The van der Waals surface area contributed by atoms with E-state index in [-0.39, 0.29) is 10.6 Å². The molecule has 7 heteroatoms. The van der Waals surface area contributed by atoms with E-state index in [1.165, 1.54) is 37.1 Å². The first kappa shape index (κ1) is 22.2. The van der Waals surface area contributed by atoms with Crippen LogP contribution in [-0.2, 0) is 29.4 Å². The van der Waals surface area contributed by atoms with Crippen LogP contribution >= 0.6 is 0 Å². The number of sulfonamides is 1. The number of hydrogen-bond donors (Lipinski definition) is 1. The van der Waals surface area contributed by atoms with Gasteiger partial charge in [-0.2, -0.15) is 0 Å². The summed E-state index contributed by atoms with van der Waals surface area (Å²) in [6, 6.07) is 21.7. The van der Waals surface area contributed by atoms with Gasteiger partial charge in [-0.1, -0.05) is 36.4 Å². The van der Waals surface area contributed by atoms with Gasteiger partial charge in [0.05, 0.1) is 14.2 Å². The summed E-state index contributed by atoms with van der Waals surface area (Å²) in [5.41, 5.74) is 5.07. The number of hydrogen-bond acceptors (Lipinski definition) is 5. The first-order chi connectivity index (χ1) is 15.5. The third kappa shape index (κ3) is 4.89. The lowest BCUT2D eigenvalue weighted by Crippen LogP contribution is -2.30. The quantitative estimate of drug-likeness (QED) is 0.563. The van der Waals surface area contributed by atoms with Crippen LogP contribution in [0.5, 0.6) is 11.5 Å². The van der Waals surface area contributed by atoms with Gasteiger partial charge in [-0.3, -0.25) is 0 Å². The molecule has 0 fully saturated rings. The lowest BCUT2D eigenvalue weighted by atomic mass is 9.99. The maximum Gasteiger partial charge on any atom is 0.244 e. The minimum Gasteiger partial charge on any atom is -0.497 e. The smallest absolute Gasteiger partial charge is 0.244 e. The summed E-state index contributed by atoms with van der Waals surface area (Å²) in [5, 5.41) is 0. The molecule has 0 aliphatic carbocycles. The Kier molecular flexibility index (Phi) is 6.67. The predicted octanol–water partition coefficient (Wildman–Crippen LogP) is 3.79. The first-order valence-corrected chi connectivity index (χ1v) is 12.1. The lowest BCUT2D eigenvalue weighted by Gasteiger charge is -2.30. The highest BCUT2D eigenvalue weighted by Crippen LogP contribution is 2.28. The molecule has 0 spiro atoms. The SMILES string of the molecule is COc1ccc(OC)c(S(=O)(=O)NCCc2ccc(N3CCc4ccccc4C3)cc2)c1. The zero-order valence-corrected chi connectivity index (χ0v) is 19.2. The number of rotatable bonds is 8. The van der Waals surface area contributed by atoms with Crippen LogP contribution in [0.25, 0.3) is 0 Å². The molecule has 3 aromatic carbocycles. The van der Waals surface area contributed by atoms with Crippen molar-refractivity contribution in [1.29, 1.82) is 0 Å². The van der Waals surface area contributed by atoms with E-state index in [0.717, 1.165) is 25.1 Å². The normalized spacial score (nSPS) is 13.5. The molecular formula is C25H28N2O4S. The van der Waals surface area contributed by atoms with Gasteiger partial charge in [0.25, 0.3) is 0 Å². The second-order valence-electron chi connectivity index (χ2n) is 7.77. The van der Waals surface area contributed by atoms with Crippen LogP contribution in [0.2, 0.25) is 0 Å². The van der Waals surface area contributed by atoms with E-state index in [1.807, 2.05) is 0 Å². The summed E-state index contributed by atoms with van der Waals surface area (Å²) < 4.78 is 38.6. The molecule has 1 N–H and O–H groups in total. The van der Waals surface area contributed by atoms with Crippen molar-refractivity contribution in [2.24, 2.45) is 0 Å². The van der Waals surface area contributed by atoms with Crippen molar-refractivity contribution >= 4 is 15.7 Å². The highest BCUT2D eigenvalue weighted by atomic mass is 32.2. The molecule has 1 heterocycles. The highest BCUT2D eigenvalue weighted by molar-refractivity contribution is 7.89. The van der Waals surface area contributed by atoms with E-state index >= 15 is 0 Å². The first-order valence-electron chi connectivity index (χ1n) is 10.6. The van der Waals surface area contributed by atoms with Gasteiger partial charge in [-0.15, -0.1) is 0 Å². The standard InChI is InChI=1S/C25H28N2O4S/c1-30-23-11-12-24(31-2)25(17-23)32(28,29)26-15-13-19-7-9-22(10-8-19)27-16-14-20-5-3-4-6-21(20)18-27/h3-12,17,26H,13-16,18H2,1-2H3. The van der Waals surface area contributed by atoms with E-state index in [4.69, 9.17) is 9.47 Å². The molecule has 1 aliphatic heterocycles. The van der Waals surface area contributed by atoms with Crippen LogP contribution in [0, 0.1) is 0 Å². The molecule has 0 bridgehead atoms. The number of anilines is 1. The Bertz CT molecular complexity index is 1180. The molecule has 0 aromatic heterocycles. The average Bonchev–Trinajstić information content (AvgIpc) is 2.83. The van der Waals surface area contributed by atoms with E-state index in [1.54, 1.807) is 12.1 Å². The van der Waals surface area contributed by atoms with Crippen LogP contribution in [0.1, 0.15) is 16.7 Å². The second kappa shape index (κ2) is 9.63. The minimum absolute atomic E-state index is 0.0695. The van der Waals surface area contributed by atoms with Crippen molar-refractivity contribution in [3.63, 3.8) is 0 Å². The molecule has 0 radical (unpaired) electrons. The van der Waals surface area contributed by atoms with Gasteiger partial charge in [0, 0.05) is 31.4 Å². The molecule has 0 amide bonds. The number of nitrogens with zero attached hydrogens (tertiary/aromatic N) is 1. The van der Waals surface area contributed by atoms with Gasteiger partial charge in [-0.25, -0.2) is 13.1 Å². The van der Waals surface area contributed by atoms with Gasteiger partial charge in [0.15, 0.2) is 0 Å². The maximum atomic E-state index is 12.8. The Morgan fingerprint density at radius 2 is 1.69 bits per heavy atom. The third-order valence-electron chi connectivity index (χ3n) is 5.80. The fourth-order valence-corrected chi connectivity index (χ4v) is 5.20. The Hall–Kier alpha value is -3.03. The van der Waals surface area contributed by atoms with Crippen molar-refractivity contribution in [3.05, 3.63) is 83.4 Å². The van der Waals surface area contributed by atoms with Crippen LogP contribution in [0.3, 0.4) is 0 Å². The third-order valence-corrected chi connectivity index (χ3v) is 7.28. The van der Waals surface area contributed by atoms with E-state index in [0.29, 0.717) is 18.7 Å². The van der Waals surface area contributed by atoms with Crippen molar-refractivity contribution in [2.45, 2.75) is 24.3 Å². The minimum atomic E-state index is -3.72. The zero-order chi connectivity index (χ0) is 22.6. The summed E-state index contributed by atoms with van der Waals surface area (Å²) in [6.07, 6.45) is 1.64. The van der Waals surface area contributed by atoms with Gasteiger partial charge in [-0.05, 0) is 53.8 Å². The van der Waals surface area contributed by atoms with E-state index in [9.17, 15) is 8.42 Å². The molecule has 1 aliphatic rings. The number of benzene rings is 3. The lowest BCUT2D eigenvalue weighted by molar-refractivity contribution is 0.392. The second-order valence-corrected chi connectivity index (χ2v) is 9.51. The van der Waals surface area contributed by atoms with Crippen LogP contribution in [0.15, 0.2) is 71.6 Å². The average molecular weight is 453 g/mol. The number of fused-ring (bicyclic) bond motifs is 1. The van der Waals surface area contributed by atoms with Crippen molar-refractivity contribution in [3.8, 4) is 11.5 Å². The monoisotopic (exact) mass is 452 g/mol. The topological polar surface area (TPSA) is 67.9 Å². The van der Waals surface area contributed by atoms with Crippen LogP contribution in [-0.4, -0.2) is 35.7 Å². The van der Waals surface area contributed by atoms with Gasteiger partial charge in [0.1, 0.15) is 16.4 Å². The predicted molar refractivity (Wildman–Crippen MR) is 126 cm³/mol. The molecule has 0 saturated heterocycles. The Labute approximate surface area is 189 Å². The summed E-state index contributed by atoms with van der Waals surface area (Å²) in [7, 11) is -0.777. The molecule has 6 nitrogen and oxygen atoms in total. The number of methoxy groups -OCH3 is 2. The van der Waals surface area contributed by atoms with Gasteiger partial charge >= 0.3 is 0 Å². The molecule has 32 heavy (non-hydrogen) atoms. The number of nitrogens with one attached hydrogen (secondary N) is 1. The Balaban J connectivity index is 1.37. The summed E-state index contributed by atoms with van der Waals surface area (Å²) >= 11 is 0. The van der Waals surface area contributed by atoms with Crippen molar-refractivity contribution in [1.82, 2.24) is 4.72 Å². The van der Waals surface area contributed by atoms with E-state index in [2.05, 4.69) is 58.2 Å². The largest absolute Gasteiger partial charge is 0.497 e. The molecule has 3 aromatic rings. The highest BCUT2D eigenvalue weighted by Gasteiger charge is 2.20. The van der Waals surface area contributed by atoms with Crippen LogP contribution < -0.4 is 19.1 Å². The zero-order valence-electron chi connectivity index (χ0n) is 18.4. The van der Waals surface area contributed by atoms with Crippen molar-refractivity contribution < 1.29 is 17.9 Å². The Morgan fingerprint density at radius 1 is 0.938 bits per heavy atom. The maximum absolute atomic E-state index is 12.8. The summed E-state index contributed by atoms with van der Waals surface area (Å²) in [6.45, 7) is 2.20. The van der Waals surface area contributed by atoms with Gasteiger partial charge in [0.2, 0.25) is 10.0 Å². The molecule has 0 unspecified atom stereocenters. The van der Waals surface area contributed by atoms with E-state index < -0.39 is 10.0 Å². The number of ether oxygens (including phenoxy) is 2. The summed E-state index contributed by atoms with van der Waals surface area (Å²) in [5.74, 6) is 0.743. The molecule has 4 rings (SSSR count). The molecule has 168 valence electrons. The molecular weight excluding hydrogens is 424 g/mol. The van der Waals surface area contributed by atoms with Crippen molar-refractivity contribution in [2.75, 3.05) is 32.2 Å². The fourth-order valence-electron chi connectivity index (χ4n) is 3.99. The molecule has 0 saturated carbocycles. The summed E-state index contributed by atoms with van der Waals surface area (Å²) in [4.78, 5) is 2.45. The van der Waals surface area contributed by atoms with Crippen LogP contribution in [0.4, 0.5) is 5.69 Å². The fraction of sp³-hybridized carbons (Fsp3) is 0.280. The van der Waals surface area contributed by atoms with Gasteiger partial charge < -0.3 is 14.4 Å².